The molecule has 1 aromatic heterocycles. The first-order chi connectivity index (χ1) is 12.7. The summed E-state index contributed by atoms with van der Waals surface area (Å²) in [5.74, 6) is 0.217. The molecule has 0 saturated heterocycles. The smallest absolute Gasteiger partial charge is 0.231 e. The molecule has 0 bridgehead atoms. The SMILES string of the molecule is N#CC(=C1CCCC1)c1nc(-c2cc3c4c(c2)CC(=O)N4CCC3)cs1. The normalized spacial score (nSPS) is 18.2. The average molecular weight is 361 g/mol. The van der Waals surface area contributed by atoms with Gasteiger partial charge in [-0.15, -0.1) is 11.3 Å². The molecule has 0 atom stereocenters. The van der Waals surface area contributed by atoms with E-state index in [1.165, 1.54) is 24.0 Å². The number of nitrogens with zero attached hydrogens (tertiary/aromatic N) is 3. The second-order valence-electron chi connectivity index (χ2n) is 7.30. The first-order valence-electron chi connectivity index (χ1n) is 9.29. The standard InChI is InChI=1S/C21H19N3OS/c22-11-17(13-4-1-2-5-13)21-23-18(12-26-21)15-8-14-6-3-7-24-19(25)10-16(9-15)20(14)24/h8-9,12H,1-7,10H2. The van der Waals surface area contributed by atoms with Crippen molar-refractivity contribution in [1.82, 2.24) is 4.98 Å². The number of aromatic nitrogens is 1. The molecular formula is C21H19N3OS. The van der Waals surface area contributed by atoms with Crippen LogP contribution < -0.4 is 4.90 Å². The summed E-state index contributed by atoms with van der Waals surface area (Å²) in [7, 11) is 0. The lowest BCUT2D eigenvalue weighted by molar-refractivity contribution is -0.117. The zero-order chi connectivity index (χ0) is 17.7. The Morgan fingerprint density at radius 1 is 1.15 bits per heavy atom. The third-order valence-electron chi connectivity index (χ3n) is 5.69. The fourth-order valence-electron chi connectivity index (χ4n) is 4.48. The summed E-state index contributed by atoms with van der Waals surface area (Å²) in [5.41, 5.74) is 7.58. The fraction of sp³-hybridized carbons (Fsp3) is 0.381. The van der Waals surface area contributed by atoms with Gasteiger partial charge in [-0.05, 0) is 67.4 Å². The van der Waals surface area contributed by atoms with E-state index in [0.717, 1.165) is 65.3 Å². The first-order valence-corrected chi connectivity index (χ1v) is 10.2. The summed E-state index contributed by atoms with van der Waals surface area (Å²) in [6, 6.07) is 6.70. The molecule has 1 aliphatic carbocycles. The number of allylic oxidation sites excluding steroid dienone is 2. The molecule has 0 unspecified atom stereocenters. The maximum absolute atomic E-state index is 12.2. The number of hydrogen-bond donors (Lipinski definition) is 0. The van der Waals surface area contributed by atoms with E-state index < -0.39 is 0 Å². The summed E-state index contributed by atoms with van der Waals surface area (Å²) < 4.78 is 0. The van der Waals surface area contributed by atoms with Crippen LogP contribution in [0.4, 0.5) is 5.69 Å². The predicted molar refractivity (Wildman–Crippen MR) is 103 cm³/mol. The highest BCUT2D eigenvalue weighted by atomic mass is 32.1. The van der Waals surface area contributed by atoms with Gasteiger partial charge in [0.2, 0.25) is 5.91 Å². The molecule has 1 fully saturated rings. The Bertz CT molecular complexity index is 987. The van der Waals surface area contributed by atoms with Gasteiger partial charge >= 0.3 is 0 Å². The van der Waals surface area contributed by atoms with E-state index in [-0.39, 0.29) is 5.91 Å². The number of aryl methyl sites for hydroxylation is 1. The van der Waals surface area contributed by atoms with Crippen molar-refractivity contribution in [3.8, 4) is 17.3 Å². The zero-order valence-electron chi connectivity index (χ0n) is 14.5. The minimum Gasteiger partial charge on any atom is -0.312 e. The molecule has 2 aliphatic heterocycles. The van der Waals surface area contributed by atoms with Crippen LogP contribution in [-0.2, 0) is 17.6 Å². The molecule has 3 heterocycles. The molecular weight excluding hydrogens is 342 g/mol. The number of hydrogen-bond acceptors (Lipinski definition) is 4. The Morgan fingerprint density at radius 3 is 2.77 bits per heavy atom. The Labute approximate surface area is 156 Å². The van der Waals surface area contributed by atoms with Gasteiger partial charge in [0.25, 0.3) is 0 Å². The van der Waals surface area contributed by atoms with Crippen molar-refractivity contribution < 1.29 is 4.79 Å². The van der Waals surface area contributed by atoms with Gasteiger partial charge < -0.3 is 4.90 Å². The number of rotatable bonds is 2. The van der Waals surface area contributed by atoms with Crippen LogP contribution in [0.15, 0.2) is 23.1 Å². The van der Waals surface area contributed by atoms with Gasteiger partial charge in [0.15, 0.2) is 0 Å². The fourth-order valence-corrected chi connectivity index (χ4v) is 5.35. The number of carbonyl (C=O) groups is 1. The van der Waals surface area contributed by atoms with Gasteiger partial charge in [-0.1, -0.05) is 0 Å². The Kier molecular flexibility index (Phi) is 3.68. The zero-order valence-corrected chi connectivity index (χ0v) is 15.4. The van der Waals surface area contributed by atoms with Gasteiger partial charge in [-0.3, -0.25) is 4.79 Å². The van der Waals surface area contributed by atoms with E-state index in [1.54, 1.807) is 11.3 Å². The molecule has 0 radical (unpaired) electrons. The van der Waals surface area contributed by atoms with Crippen LogP contribution >= 0.6 is 11.3 Å². The highest BCUT2D eigenvalue weighted by Gasteiger charge is 2.32. The lowest BCUT2D eigenvalue weighted by Gasteiger charge is -2.25. The molecule has 1 saturated carbocycles. The Hall–Kier alpha value is -2.45. The Balaban J connectivity index is 1.56. The number of anilines is 1. The molecule has 5 rings (SSSR count). The van der Waals surface area contributed by atoms with Crippen molar-refractivity contribution in [2.24, 2.45) is 0 Å². The topological polar surface area (TPSA) is 57.0 Å². The van der Waals surface area contributed by atoms with Gasteiger partial charge in [0.05, 0.1) is 23.4 Å². The van der Waals surface area contributed by atoms with E-state index in [4.69, 9.17) is 4.98 Å². The predicted octanol–water partition coefficient (Wildman–Crippen LogP) is 4.50. The van der Waals surface area contributed by atoms with Crippen LogP contribution in [0.25, 0.3) is 16.8 Å². The van der Waals surface area contributed by atoms with Crippen LogP contribution in [0.2, 0.25) is 0 Å². The molecule has 1 aromatic carbocycles. The number of amides is 1. The minimum atomic E-state index is 0.217. The van der Waals surface area contributed by atoms with E-state index in [1.807, 2.05) is 10.3 Å². The maximum atomic E-state index is 12.2. The van der Waals surface area contributed by atoms with Crippen LogP contribution in [0, 0.1) is 11.3 Å². The van der Waals surface area contributed by atoms with E-state index >= 15 is 0 Å². The largest absolute Gasteiger partial charge is 0.312 e. The third kappa shape index (κ3) is 2.40. The number of carbonyl (C=O) groups excluding carboxylic acids is 1. The van der Waals surface area contributed by atoms with Crippen LogP contribution in [0.1, 0.15) is 48.2 Å². The average Bonchev–Trinajstić information content (AvgIpc) is 3.39. The van der Waals surface area contributed by atoms with Gasteiger partial charge in [-0.25, -0.2) is 4.98 Å². The molecule has 5 heteroatoms. The molecule has 3 aliphatic rings. The molecule has 130 valence electrons. The van der Waals surface area contributed by atoms with Crippen molar-refractivity contribution in [3.63, 3.8) is 0 Å². The molecule has 4 nitrogen and oxygen atoms in total. The molecule has 0 spiro atoms. The van der Waals surface area contributed by atoms with Crippen molar-refractivity contribution >= 4 is 28.5 Å². The van der Waals surface area contributed by atoms with Crippen LogP contribution in [0.3, 0.4) is 0 Å². The molecule has 1 amide bonds. The third-order valence-corrected chi connectivity index (χ3v) is 6.55. The van der Waals surface area contributed by atoms with Gasteiger partial charge in [0, 0.05) is 17.5 Å². The van der Waals surface area contributed by atoms with Crippen LogP contribution in [-0.4, -0.2) is 17.4 Å². The lowest BCUT2D eigenvalue weighted by atomic mass is 9.96. The minimum absolute atomic E-state index is 0.217. The van der Waals surface area contributed by atoms with Crippen molar-refractivity contribution in [2.45, 2.75) is 44.9 Å². The highest BCUT2D eigenvalue weighted by molar-refractivity contribution is 7.11. The number of nitriles is 1. The number of benzene rings is 1. The maximum Gasteiger partial charge on any atom is 0.231 e. The van der Waals surface area contributed by atoms with Crippen molar-refractivity contribution in [2.75, 3.05) is 11.4 Å². The van der Waals surface area contributed by atoms with Gasteiger partial charge in [0.1, 0.15) is 11.1 Å². The Morgan fingerprint density at radius 2 is 1.96 bits per heavy atom. The molecule has 2 aromatic rings. The van der Waals surface area contributed by atoms with Crippen molar-refractivity contribution in [3.05, 3.63) is 39.2 Å². The molecule has 26 heavy (non-hydrogen) atoms. The summed E-state index contributed by atoms with van der Waals surface area (Å²) in [5, 5.41) is 12.5. The lowest BCUT2D eigenvalue weighted by Crippen LogP contribution is -2.31. The first kappa shape index (κ1) is 15.8. The quantitative estimate of drug-likeness (QED) is 0.740. The van der Waals surface area contributed by atoms with E-state index in [0.29, 0.717) is 6.42 Å². The monoisotopic (exact) mass is 361 g/mol. The second kappa shape index (κ2) is 6.07. The summed E-state index contributed by atoms with van der Waals surface area (Å²) >= 11 is 1.56. The van der Waals surface area contributed by atoms with E-state index in [2.05, 4.69) is 18.2 Å². The van der Waals surface area contributed by atoms with Crippen molar-refractivity contribution in [1.29, 1.82) is 5.26 Å². The second-order valence-corrected chi connectivity index (χ2v) is 8.16. The highest BCUT2D eigenvalue weighted by Crippen LogP contribution is 2.40. The molecule has 0 N–H and O–H groups in total. The van der Waals surface area contributed by atoms with E-state index in [9.17, 15) is 10.1 Å². The van der Waals surface area contributed by atoms with Crippen LogP contribution in [0.5, 0.6) is 0 Å². The summed E-state index contributed by atoms with van der Waals surface area (Å²) in [6.07, 6.45) is 6.95. The summed E-state index contributed by atoms with van der Waals surface area (Å²) in [4.78, 5) is 19.0. The number of thiazole rings is 1. The van der Waals surface area contributed by atoms with Gasteiger partial charge in [-0.2, -0.15) is 5.26 Å². The summed E-state index contributed by atoms with van der Waals surface area (Å²) in [6.45, 7) is 0.845.